The van der Waals surface area contributed by atoms with Gasteiger partial charge in [-0.05, 0) is 19.1 Å². The van der Waals surface area contributed by atoms with Crippen LogP contribution in [0.3, 0.4) is 0 Å². The predicted molar refractivity (Wildman–Crippen MR) is 49.0 cm³/mol. The number of aromatic hydroxyl groups is 1. The first-order chi connectivity index (χ1) is 6.56. The van der Waals surface area contributed by atoms with Gasteiger partial charge in [-0.1, -0.05) is 11.6 Å². The summed E-state index contributed by atoms with van der Waals surface area (Å²) in [6, 6.07) is 2.02. The second-order valence-electron chi connectivity index (χ2n) is 2.50. The van der Waals surface area contributed by atoms with E-state index in [0.717, 1.165) is 12.1 Å². The van der Waals surface area contributed by atoms with Crippen molar-refractivity contribution in [1.29, 1.82) is 0 Å². The molecule has 5 heteroatoms. The van der Waals surface area contributed by atoms with E-state index in [9.17, 15) is 14.3 Å². The minimum atomic E-state index is -0.904. The molecule has 0 fully saturated rings. The number of ether oxygens (including phenoxy) is 1. The molecule has 0 aliphatic heterocycles. The third-order valence-electron chi connectivity index (χ3n) is 1.51. The first kappa shape index (κ1) is 10.8. The van der Waals surface area contributed by atoms with Gasteiger partial charge in [-0.2, -0.15) is 0 Å². The van der Waals surface area contributed by atoms with Crippen molar-refractivity contribution >= 4 is 17.6 Å². The van der Waals surface area contributed by atoms with Gasteiger partial charge in [0.25, 0.3) is 0 Å². The smallest absolute Gasteiger partial charge is 0.344 e. The van der Waals surface area contributed by atoms with Gasteiger partial charge in [0.2, 0.25) is 0 Å². The van der Waals surface area contributed by atoms with Crippen molar-refractivity contribution in [3.05, 3.63) is 28.5 Å². The summed E-state index contributed by atoms with van der Waals surface area (Å²) >= 11 is 5.45. The largest absolute Gasteiger partial charge is 0.507 e. The van der Waals surface area contributed by atoms with Crippen molar-refractivity contribution in [2.24, 2.45) is 0 Å². The van der Waals surface area contributed by atoms with Gasteiger partial charge in [0.05, 0.1) is 6.61 Å². The van der Waals surface area contributed by atoms with Crippen molar-refractivity contribution in [3.8, 4) is 5.75 Å². The van der Waals surface area contributed by atoms with E-state index in [-0.39, 0.29) is 11.6 Å². The van der Waals surface area contributed by atoms with Crippen LogP contribution in [0.25, 0.3) is 0 Å². The molecule has 0 heterocycles. The highest BCUT2D eigenvalue weighted by molar-refractivity contribution is 6.30. The molecular weight excluding hydrogens is 211 g/mol. The van der Waals surface area contributed by atoms with Crippen molar-refractivity contribution in [1.82, 2.24) is 0 Å². The maximum absolute atomic E-state index is 13.1. The lowest BCUT2D eigenvalue weighted by molar-refractivity contribution is 0.0517. The van der Waals surface area contributed by atoms with Crippen molar-refractivity contribution < 1.29 is 19.0 Å². The van der Waals surface area contributed by atoms with Crippen LogP contribution in [-0.2, 0) is 4.74 Å². The summed E-state index contributed by atoms with van der Waals surface area (Å²) in [5.74, 6) is -2.32. The van der Waals surface area contributed by atoms with Crippen LogP contribution in [0.1, 0.15) is 17.3 Å². The number of hydrogen-bond donors (Lipinski definition) is 1. The van der Waals surface area contributed by atoms with Crippen LogP contribution < -0.4 is 0 Å². The van der Waals surface area contributed by atoms with Crippen LogP contribution in [0.15, 0.2) is 12.1 Å². The molecule has 0 radical (unpaired) electrons. The Balaban J connectivity index is 3.14. The molecule has 0 bridgehead atoms. The average molecular weight is 219 g/mol. The predicted octanol–water partition coefficient (Wildman–Crippen LogP) is 2.36. The van der Waals surface area contributed by atoms with E-state index in [4.69, 9.17) is 11.6 Å². The number of benzene rings is 1. The van der Waals surface area contributed by atoms with Gasteiger partial charge >= 0.3 is 5.97 Å². The maximum atomic E-state index is 13.1. The average Bonchev–Trinajstić information content (AvgIpc) is 2.01. The van der Waals surface area contributed by atoms with E-state index < -0.39 is 23.1 Å². The molecule has 0 amide bonds. The Morgan fingerprint density at radius 2 is 2.29 bits per heavy atom. The Morgan fingerprint density at radius 1 is 1.64 bits per heavy atom. The normalized spacial score (nSPS) is 9.93. The Bertz CT molecular complexity index is 342. The van der Waals surface area contributed by atoms with Crippen LogP contribution in [0.5, 0.6) is 5.75 Å². The monoisotopic (exact) mass is 218 g/mol. The van der Waals surface area contributed by atoms with E-state index in [1.54, 1.807) is 6.92 Å². The molecule has 0 unspecified atom stereocenters. The van der Waals surface area contributed by atoms with Gasteiger partial charge in [0.1, 0.15) is 17.1 Å². The summed E-state index contributed by atoms with van der Waals surface area (Å²) < 4.78 is 17.7. The van der Waals surface area contributed by atoms with Crippen LogP contribution in [-0.4, -0.2) is 17.7 Å². The topological polar surface area (TPSA) is 46.5 Å². The highest BCUT2D eigenvalue weighted by Crippen LogP contribution is 2.25. The van der Waals surface area contributed by atoms with E-state index in [0.29, 0.717) is 0 Å². The summed E-state index contributed by atoms with van der Waals surface area (Å²) in [6.45, 7) is 1.70. The second-order valence-corrected chi connectivity index (χ2v) is 2.94. The molecule has 0 saturated carbocycles. The Kier molecular flexibility index (Phi) is 3.30. The van der Waals surface area contributed by atoms with E-state index in [1.807, 2.05) is 0 Å². The fraction of sp³-hybridized carbons (Fsp3) is 0.222. The van der Waals surface area contributed by atoms with Crippen LogP contribution >= 0.6 is 11.6 Å². The summed E-state index contributed by atoms with van der Waals surface area (Å²) in [5, 5.41) is 9.27. The zero-order valence-electron chi connectivity index (χ0n) is 7.38. The maximum Gasteiger partial charge on any atom is 0.344 e. The second kappa shape index (κ2) is 4.28. The number of carbonyl (C=O) groups excluding carboxylic acids is 1. The van der Waals surface area contributed by atoms with E-state index >= 15 is 0 Å². The fourth-order valence-electron chi connectivity index (χ4n) is 0.965. The number of hydrogen-bond acceptors (Lipinski definition) is 3. The van der Waals surface area contributed by atoms with Crippen LogP contribution in [0, 0.1) is 5.82 Å². The molecule has 1 N–H and O–H groups in total. The zero-order chi connectivity index (χ0) is 10.7. The highest BCUT2D eigenvalue weighted by atomic mass is 35.5. The third kappa shape index (κ3) is 2.14. The molecular formula is C9H8ClFO3. The molecule has 1 aromatic carbocycles. The molecule has 1 aromatic rings. The number of rotatable bonds is 2. The third-order valence-corrected chi connectivity index (χ3v) is 1.73. The molecule has 1 rings (SSSR count). The van der Waals surface area contributed by atoms with Crippen molar-refractivity contribution in [2.45, 2.75) is 6.92 Å². The molecule has 3 nitrogen and oxygen atoms in total. The number of phenols is 1. The SMILES string of the molecule is CCOC(=O)c1c(O)cc(Cl)cc1F. The first-order valence-corrected chi connectivity index (χ1v) is 4.29. The number of esters is 1. The standard InChI is InChI=1S/C9H8ClFO3/c1-2-14-9(13)8-6(11)3-5(10)4-7(8)12/h3-4,12H,2H2,1H3. The van der Waals surface area contributed by atoms with E-state index in [1.165, 1.54) is 0 Å². The summed E-state index contributed by atoms with van der Waals surface area (Å²) in [7, 11) is 0. The molecule has 0 spiro atoms. The van der Waals surface area contributed by atoms with Gasteiger partial charge in [0.15, 0.2) is 0 Å². The molecule has 0 saturated heterocycles. The molecule has 0 aromatic heterocycles. The lowest BCUT2D eigenvalue weighted by Gasteiger charge is -2.05. The molecule has 0 aliphatic carbocycles. The highest BCUT2D eigenvalue weighted by Gasteiger charge is 2.18. The van der Waals surface area contributed by atoms with Gasteiger partial charge in [0, 0.05) is 5.02 Å². The minimum Gasteiger partial charge on any atom is -0.507 e. The Morgan fingerprint density at radius 3 is 2.79 bits per heavy atom. The van der Waals surface area contributed by atoms with E-state index in [2.05, 4.69) is 4.74 Å². The molecule has 0 aliphatic rings. The molecule has 76 valence electrons. The summed E-state index contributed by atoms with van der Waals surface area (Å²) in [5.41, 5.74) is -0.490. The molecule has 0 atom stereocenters. The van der Waals surface area contributed by atoms with Crippen molar-refractivity contribution in [2.75, 3.05) is 6.61 Å². The van der Waals surface area contributed by atoms with Crippen LogP contribution in [0.2, 0.25) is 5.02 Å². The molecule has 14 heavy (non-hydrogen) atoms. The van der Waals surface area contributed by atoms with Crippen molar-refractivity contribution in [3.63, 3.8) is 0 Å². The summed E-state index contributed by atoms with van der Waals surface area (Å²) in [6.07, 6.45) is 0. The minimum absolute atomic E-state index is 0.0213. The fourth-order valence-corrected chi connectivity index (χ4v) is 1.16. The lowest BCUT2D eigenvalue weighted by atomic mass is 10.2. The van der Waals surface area contributed by atoms with Gasteiger partial charge in [-0.15, -0.1) is 0 Å². The number of phenolic OH excluding ortho intramolecular Hbond substituents is 1. The lowest BCUT2D eigenvalue weighted by Crippen LogP contribution is -2.07. The number of carbonyl (C=O) groups is 1. The Labute approximate surface area is 85.1 Å². The van der Waals surface area contributed by atoms with Gasteiger partial charge in [-0.25, -0.2) is 9.18 Å². The van der Waals surface area contributed by atoms with Gasteiger partial charge in [-0.3, -0.25) is 0 Å². The first-order valence-electron chi connectivity index (χ1n) is 3.91. The van der Waals surface area contributed by atoms with Crippen LogP contribution in [0.4, 0.5) is 4.39 Å². The number of halogens is 2. The quantitative estimate of drug-likeness (QED) is 0.776. The zero-order valence-corrected chi connectivity index (χ0v) is 8.14. The Hall–Kier alpha value is -1.29. The summed E-state index contributed by atoms with van der Waals surface area (Å²) in [4.78, 5) is 11.1. The van der Waals surface area contributed by atoms with Gasteiger partial charge < -0.3 is 9.84 Å².